The van der Waals surface area contributed by atoms with Crippen molar-refractivity contribution in [2.75, 3.05) is 18.9 Å². The van der Waals surface area contributed by atoms with Gasteiger partial charge in [0.1, 0.15) is 22.3 Å². The molecule has 5 rings (SSSR count). The van der Waals surface area contributed by atoms with Crippen LogP contribution in [0.4, 0.5) is 9.39 Å². The molecule has 27 heavy (non-hydrogen) atoms. The van der Waals surface area contributed by atoms with E-state index in [2.05, 4.69) is 22.6 Å². The Morgan fingerprint density at radius 3 is 2.93 bits per heavy atom. The average molecular weight is 383 g/mol. The van der Waals surface area contributed by atoms with Gasteiger partial charge in [0.25, 0.3) is 5.91 Å². The zero-order valence-corrected chi connectivity index (χ0v) is 15.5. The van der Waals surface area contributed by atoms with Crippen molar-refractivity contribution in [1.82, 2.24) is 10.2 Å². The monoisotopic (exact) mass is 383 g/mol. The molecular weight excluding hydrogens is 365 g/mol. The van der Waals surface area contributed by atoms with Gasteiger partial charge in [0.05, 0.1) is 11.1 Å². The zero-order valence-electron chi connectivity index (χ0n) is 14.7. The van der Waals surface area contributed by atoms with Crippen LogP contribution in [0.5, 0.6) is 0 Å². The molecule has 1 atom stereocenters. The summed E-state index contributed by atoms with van der Waals surface area (Å²) in [5, 5.41) is 7.23. The van der Waals surface area contributed by atoms with Gasteiger partial charge in [-0.05, 0) is 43.3 Å². The predicted molar refractivity (Wildman–Crippen MR) is 102 cm³/mol. The molecule has 2 N–H and O–H groups in total. The summed E-state index contributed by atoms with van der Waals surface area (Å²) < 4.78 is 19.9. The number of furan rings is 1. The second kappa shape index (κ2) is 6.21. The molecule has 0 bridgehead atoms. The van der Waals surface area contributed by atoms with Gasteiger partial charge >= 0.3 is 0 Å². The lowest BCUT2D eigenvalue weighted by Crippen LogP contribution is -2.38. The van der Waals surface area contributed by atoms with Gasteiger partial charge in [-0.25, -0.2) is 4.39 Å². The first kappa shape index (κ1) is 16.5. The number of carbonyl (C=O) groups is 1. The second-order valence-electron chi connectivity index (χ2n) is 6.93. The lowest BCUT2D eigenvalue weighted by Gasteiger charge is -2.26. The lowest BCUT2D eigenvalue weighted by atomic mass is 10.0. The highest BCUT2D eigenvalue weighted by molar-refractivity contribution is 7.16. The number of halogens is 1. The molecule has 0 aliphatic carbocycles. The van der Waals surface area contributed by atoms with Crippen LogP contribution in [0.15, 0.2) is 40.8 Å². The van der Waals surface area contributed by atoms with Crippen LogP contribution in [0.2, 0.25) is 0 Å². The standard InChI is InChI=1S/C20H18FN3O2S/c1-24-9-8-12-16(10-24)27-20-17(12)19(25)22-18(23-20)15-7-6-14(26-15)11-4-2-3-5-13(11)21/h2-7,18,23H,8-10H2,1H3,(H,22,25). The van der Waals surface area contributed by atoms with Crippen molar-refractivity contribution in [3.8, 4) is 11.3 Å². The highest BCUT2D eigenvalue weighted by atomic mass is 32.1. The average Bonchev–Trinajstić information content (AvgIpc) is 3.26. The minimum absolute atomic E-state index is 0.0837. The molecule has 2 aromatic heterocycles. The predicted octanol–water partition coefficient (Wildman–Crippen LogP) is 3.99. The summed E-state index contributed by atoms with van der Waals surface area (Å²) in [7, 11) is 2.09. The number of hydrogen-bond acceptors (Lipinski definition) is 5. The summed E-state index contributed by atoms with van der Waals surface area (Å²) >= 11 is 1.63. The Bertz CT molecular complexity index is 1040. The van der Waals surface area contributed by atoms with Gasteiger partial charge in [0.2, 0.25) is 0 Å². The van der Waals surface area contributed by atoms with Crippen LogP contribution in [0.25, 0.3) is 11.3 Å². The number of fused-ring (bicyclic) bond motifs is 3. The second-order valence-corrected chi connectivity index (χ2v) is 8.03. The van der Waals surface area contributed by atoms with E-state index in [1.807, 2.05) is 0 Å². The number of nitrogens with one attached hydrogen (secondary N) is 2. The molecule has 5 nitrogen and oxygen atoms in total. The third kappa shape index (κ3) is 2.74. The molecule has 1 aromatic carbocycles. The Morgan fingerprint density at radius 2 is 2.07 bits per heavy atom. The first-order chi connectivity index (χ1) is 13.1. The summed E-state index contributed by atoms with van der Waals surface area (Å²) in [6.45, 7) is 1.82. The quantitative estimate of drug-likeness (QED) is 0.703. The van der Waals surface area contributed by atoms with Gasteiger partial charge in [0, 0.05) is 18.0 Å². The van der Waals surface area contributed by atoms with Gasteiger partial charge in [-0.2, -0.15) is 0 Å². The van der Waals surface area contributed by atoms with Gasteiger partial charge in [-0.15, -0.1) is 11.3 Å². The summed E-state index contributed by atoms with van der Waals surface area (Å²) in [5.41, 5.74) is 2.32. The number of rotatable bonds is 2. The SMILES string of the molecule is CN1CCc2c(sc3c2C(=O)NC(c2ccc(-c4ccccc4F)o2)N3)C1. The molecule has 0 saturated carbocycles. The van der Waals surface area contributed by atoms with E-state index >= 15 is 0 Å². The van der Waals surface area contributed by atoms with Crippen LogP contribution < -0.4 is 10.6 Å². The Kier molecular flexibility index (Phi) is 3.80. The van der Waals surface area contributed by atoms with Crippen LogP contribution in [-0.4, -0.2) is 24.4 Å². The third-order valence-corrected chi connectivity index (χ3v) is 6.22. The molecule has 138 valence electrons. The van der Waals surface area contributed by atoms with Crippen LogP contribution in [0.1, 0.15) is 32.7 Å². The molecule has 2 aliphatic rings. The van der Waals surface area contributed by atoms with Crippen molar-refractivity contribution in [3.63, 3.8) is 0 Å². The van der Waals surface area contributed by atoms with E-state index in [1.165, 1.54) is 10.9 Å². The van der Waals surface area contributed by atoms with E-state index in [-0.39, 0.29) is 11.7 Å². The van der Waals surface area contributed by atoms with E-state index in [4.69, 9.17) is 4.42 Å². The Labute approximate surface area is 159 Å². The van der Waals surface area contributed by atoms with Gasteiger partial charge in [0.15, 0.2) is 6.17 Å². The molecular formula is C20H18FN3O2S. The molecule has 1 unspecified atom stereocenters. The molecule has 3 aromatic rings. The zero-order chi connectivity index (χ0) is 18.5. The van der Waals surface area contributed by atoms with E-state index < -0.39 is 6.17 Å². The molecule has 2 aliphatic heterocycles. The van der Waals surface area contributed by atoms with Crippen molar-refractivity contribution in [2.45, 2.75) is 19.1 Å². The summed E-state index contributed by atoms with van der Waals surface area (Å²) in [6, 6.07) is 9.98. The Balaban J connectivity index is 1.46. The van der Waals surface area contributed by atoms with Crippen molar-refractivity contribution in [2.24, 2.45) is 0 Å². The van der Waals surface area contributed by atoms with Crippen molar-refractivity contribution >= 4 is 22.2 Å². The third-order valence-electron chi connectivity index (χ3n) is 5.08. The smallest absolute Gasteiger partial charge is 0.256 e. The van der Waals surface area contributed by atoms with Crippen molar-refractivity contribution in [1.29, 1.82) is 0 Å². The summed E-state index contributed by atoms with van der Waals surface area (Å²) in [6.07, 6.45) is 0.415. The normalized spacial score (nSPS) is 19.2. The maximum atomic E-state index is 14.0. The van der Waals surface area contributed by atoms with E-state index in [1.54, 1.807) is 41.7 Å². The van der Waals surface area contributed by atoms with Crippen molar-refractivity contribution < 1.29 is 13.6 Å². The van der Waals surface area contributed by atoms with Gasteiger partial charge in [-0.3, -0.25) is 4.79 Å². The van der Waals surface area contributed by atoms with E-state index in [0.717, 1.165) is 35.6 Å². The fourth-order valence-electron chi connectivity index (χ4n) is 3.70. The molecule has 0 radical (unpaired) electrons. The molecule has 0 spiro atoms. The minimum Gasteiger partial charge on any atom is -0.457 e. The van der Waals surface area contributed by atoms with E-state index in [0.29, 0.717) is 17.1 Å². The molecule has 7 heteroatoms. The number of amides is 1. The maximum absolute atomic E-state index is 14.0. The number of thiophene rings is 1. The molecule has 0 fully saturated rings. The van der Waals surface area contributed by atoms with Crippen molar-refractivity contribution in [3.05, 3.63) is 64.0 Å². The molecule has 0 saturated heterocycles. The number of anilines is 1. The van der Waals surface area contributed by atoms with Gasteiger partial charge < -0.3 is 20.0 Å². The van der Waals surface area contributed by atoms with Crippen LogP contribution in [0.3, 0.4) is 0 Å². The lowest BCUT2D eigenvalue weighted by molar-refractivity contribution is 0.0930. The largest absolute Gasteiger partial charge is 0.457 e. The highest BCUT2D eigenvalue weighted by Crippen LogP contribution is 2.41. The Hall–Kier alpha value is -2.64. The fourth-order valence-corrected chi connectivity index (χ4v) is 5.05. The fraction of sp³-hybridized carbons (Fsp3) is 0.250. The van der Waals surface area contributed by atoms with E-state index in [9.17, 15) is 9.18 Å². The van der Waals surface area contributed by atoms with Crippen LogP contribution in [-0.2, 0) is 13.0 Å². The minimum atomic E-state index is -0.469. The number of carbonyl (C=O) groups excluding carboxylic acids is 1. The number of hydrogen-bond donors (Lipinski definition) is 2. The number of benzene rings is 1. The van der Waals surface area contributed by atoms with Crippen LogP contribution >= 0.6 is 11.3 Å². The van der Waals surface area contributed by atoms with Crippen LogP contribution in [0, 0.1) is 5.82 Å². The first-order valence-corrected chi connectivity index (χ1v) is 9.67. The topological polar surface area (TPSA) is 57.5 Å². The maximum Gasteiger partial charge on any atom is 0.256 e. The number of nitrogens with zero attached hydrogens (tertiary/aromatic N) is 1. The number of likely N-dealkylation sites (N-methyl/N-ethyl adjacent to an activating group) is 1. The highest BCUT2D eigenvalue weighted by Gasteiger charge is 2.33. The summed E-state index contributed by atoms with van der Waals surface area (Å²) in [4.78, 5) is 16.3. The summed E-state index contributed by atoms with van der Waals surface area (Å²) in [5.74, 6) is 0.573. The molecule has 1 amide bonds. The first-order valence-electron chi connectivity index (χ1n) is 8.85. The Morgan fingerprint density at radius 1 is 1.22 bits per heavy atom. The van der Waals surface area contributed by atoms with Gasteiger partial charge in [-0.1, -0.05) is 12.1 Å². The molecule has 4 heterocycles.